The average molecular weight is 258 g/mol. The van der Waals surface area contributed by atoms with Crippen LogP contribution < -0.4 is 11.1 Å². The molecule has 5 heteroatoms. The second kappa shape index (κ2) is 7.71. The molecule has 1 aliphatic carbocycles. The molecule has 106 valence electrons. The van der Waals surface area contributed by atoms with E-state index >= 15 is 0 Å². The molecule has 0 heterocycles. The summed E-state index contributed by atoms with van der Waals surface area (Å²) in [5.74, 6) is -0.120. The number of aliphatic hydroxyl groups is 1. The van der Waals surface area contributed by atoms with E-state index < -0.39 is 6.04 Å². The van der Waals surface area contributed by atoms with Crippen molar-refractivity contribution in [2.45, 2.75) is 44.6 Å². The first kappa shape index (κ1) is 15.4. The normalized spacial score (nSPS) is 19.7. The lowest BCUT2D eigenvalue weighted by atomic mass is 9.87. The Kier molecular flexibility index (Phi) is 6.60. The number of hydrogen-bond donors (Lipinski definition) is 3. The highest BCUT2D eigenvalue weighted by Gasteiger charge is 2.33. The quantitative estimate of drug-likeness (QED) is 0.551. The van der Waals surface area contributed by atoms with Gasteiger partial charge in [-0.1, -0.05) is 12.8 Å². The van der Waals surface area contributed by atoms with E-state index in [4.69, 9.17) is 10.5 Å². The first-order valence-corrected chi connectivity index (χ1v) is 6.77. The van der Waals surface area contributed by atoms with E-state index in [0.29, 0.717) is 19.6 Å². The van der Waals surface area contributed by atoms with Gasteiger partial charge in [-0.05, 0) is 25.7 Å². The van der Waals surface area contributed by atoms with E-state index in [1.54, 1.807) is 7.11 Å². The van der Waals surface area contributed by atoms with Gasteiger partial charge in [0.2, 0.25) is 5.91 Å². The Morgan fingerprint density at radius 3 is 2.72 bits per heavy atom. The molecule has 0 aromatic heterocycles. The molecule has 0 bridgehead atoms. The molecule has 0 radical (unpaired) electrons. The van der Waals surface area contributed by atoms with Gasteiger partial charge in [-0.2, -0.15) is 0 Å². The third-order valence-electron chi connectivity index (χ3n) is 3.84. The standard InChI is InChI=1S/C13H26N2O3/c1-18-8-4-5-11(14)12(17)15-9-13(10-16)6-2-3-7-13/h11,16H,2-10,14H2,1H3,(H,15,17). The van der Waals surface area contributed by atoms with Gasteiger partial charge in [-0.25, -0.2) is 0 Å². The maximum Gasteiger partial charge on any atom is 0.236 e. The fraction of sp³-hybridized carbons (Fsp3) is 0.923. The first-order valence-electron chi connectivity index (χ1n) is 6.77. The average Bonchev–Trinajstić information content (AvgIpc) is 2.85. The van der Waals surface area contributed by atoms with Gasteiger partial charge < -0.3 is 20.9 Å². The molecular formula is C13H26N2O3. The Balaban J connectivity index is 2.26. The molecule has 18 heavy (non-hydrogen) atoms. The van der Waals surface area contributed by atoms with Gasteiger partial charge >= 0.3 is 0 Å². The summed E-state index contributed by atoms with van der Waals surface area (Å²) in [6.07, 6.45) is 5.67. The van der Waals surface area contributed by atoms with Gasteiger partial charge in [0.25, 0.3) is 0 Å². The van der Waals surface area contributed by atoms with Crippen LogP contribution in [0.15, 0.2) is 0 Å². The van der Waals surface area contributed by atoms with Crippen molar-refractivity contribution in [1.29, 1.82) is 0 Å². The topological polar surface area (TPSA) is 84.6 Å². The molecule has 1 saturated carbocycles. The Bertz CT molecular complexity index is 253. The number of carbonyl (C=O) groups is 1. The van der Waals surface area contributed by atoms with Crippen LogP contribution in [0.4, 0.5) is 0 Å². The van der Waals surface area contributed by atoms with E-state index in [2.05, 4.69) is 5.32 Å². The van der Waals surface area contributed by atoms with Gasteiger partial charge in [-0.3, -0.25) is 4.79 Å². The Morgan fingerprint density at radius 2 is 2.17 bits per heavy atom. The Labute approximate surface area is 109 Å². The minimum Gasteiger partial charge on any atom is -0.396 e. The molecule has 4 N–H and O–H groups in total. The van der Waals surface area contributed by atoms with Crippen molar-refractivity contribution >= 4 is 5.91 Å². The van der Waals surface area contributed by atoms with Crippen LogP contribution in [0.1, 0.15) is 38.5 Å². The van der Waals surface area contributed by atoms with Crippen LogP contribution in [0.2, 0.25) is 0 Å². The van der Waals surface area contributed by atoms with E-state index in [0.717, 1.165) is 32.1 Å². The molecule has 0 aromatic rings. The second-order valence-corrected chi connectivity index (χ2v) is 5.32. The van der Waals surface area contributed by atoms with Crippen molar-refractivity contribution in [3.63, 3.8) is 0 Å². The van der Waals surface area contributed by atoms with Crippen LogP contribution in [-0.4, -0.2) is 43.9 Å². The maximum absolute atomic E-state index is 11.8. The largest absolute Gasteiger partial charge is 0.396 e. The number of methoxy groups -OCH3 is 1. The molecule has 1 amide bonds. The number of rotatable bonds is 8. The number of hydrogen-bond acceptors (Lipinski definition) is 4. The van der Waals surface area contributed by atoms with Gasteiger partial charge in [0, 0.05) is 25.7 Å². The highest BCUT2D eigenvalue weighted by molar-refractivity contribution is 5.81. The number of nitrogens with two attached hydrogens (primary N) is 1. The summed E-state index contributed by atoms with van der Waals surface area (Å²) in [4.78, 5) is 11.8. The SMILES string of the molecule is COCCCC(N)C(=O)NCC1(CO)CCCC1. The van der Waals surface area contributed by atoms with Crippen LogP contribution in [-0.2, 0) is 9.53 Å². The van der Waals surface area contributed by atoms with Gasteiger partial charge in [0.05, 0.1) is 12.6 Å². The van der Waals surface area contributed by atoms with Crippen LogP contribution in [0.5, 0.6) is 0 Å². The molecule has 0 saturated heterocycles. The minimum atomic E-state index is -0.475. The fourth-order valence-corrected chi connectivity index (χ4v) is 2.50. The monoisotopic (exact) mass is 258 g/mol. The summed E-state index contributed by atoms with van der Waals surface area (Å²) in [5, 5.41) is 12.3. The lowest BCUT2D eigenvalue weighted by Crippen LogP contribution is -2.45. The molecule has 5 nitrogen and oxygen atoms in total. The zero-order valence-electron chi connectivity index (χ0n) is 11.3. The number of aliphatic hydroxyl groups excluding tert-OH is 1. The zero-order valence-corrected chi connectivity index (χ0v) is 11.3. The molecule has 1 aliphatic rings. The Morgan fingerprint density at radius 1 is 1.50 bits per heavy atom. The predicted molar refractivity (Wildman–Crippen MR) is 70.1 cm³/mol. The molecule has 1 fully saturated rings. The van der Waals surface area contributed by atoms with E-state index in [1.165, 1.54) is 0 Å². The smallest absolute Gasteiger partial charge is 0.236 e. The van der Waals surface area contributed by atoms with Crippen molar-refractivity contribution < 1.29 is 14.6 Å². The summed E-state index contributed by atoms with van der Waals surface area (Å²) in [6.45, 7) is 1.31. The fourth-order valence-electron chi connectivity index (χ4n) is 2.50. The Hall–Kier alpha value is -0.650. The van der Waals surface area contributed by atoms with E-state index in [-0.39, 0.29) is 17.9 Å². The zero-order chi connectivity index (χ0) is 13.4. The number of carbonyl (C=O) groups excluding carboxylic acids is 1. The minimum absolute atomic E-state index is 0.109. The van der Waals surface area contributed by atoms with Gasteiger partial charge in [0.1, 0.15) is 0 Å². The lowest BCUT2D eigenvalue weighted by molar-refractivity contribution is -0.123. The second-order valence-electron chi connectivity index (χ2n) is 5.32. The van der Waals surface area contributed by atoms with Crippen molar-refractivity contribution in [2.75, 3.05) is 26.9 Å². The molecule has 1 rings (SSSR count). The summed E-state index contributed by atoms with van der Waals surface area (Å²) >= 11 is 0. The number of amides is 1. The van der Waals surface area contributed by atoms with Crippen molar-refractivity contribution in [3.05, 3.63) is 0 Å². The molecule has 1 atom stereocenters. The third kappa shape index (κ3) is 4.55. The van der Waals surface area contributed by atoms with Crippen molar-refractivity contribution in [3.8, 4) is 0 Å². The van der Waals surface area contributed by atoms with Crippen molar-refractivity contribution in [2.24, 2.45) is 11.1 Å². The highest BCUT2D eigenvalue weighted by Crippen LogP contribution is 2.36. The molecule has 0 spiro atoms. The van der Waals surface area contributed by atoms with Crippen LogP contribution in [0.25, 0.3) is 0 Å². The summed E-state index contributed by atoms with van der Waals surface area (Å²) in [7, 11) is 1.64. The third-order valence-corrected chi connectivity index (χ3v) is 3.84. The van der Waals surface area contributed by atoms with Crippen LogP contribution in [0.3, 0.4) is 0 Å². The molecular weight excluding hydrogens is 232 g/mol. The molecule has 0 aliphatic heterocycles. The van der Waals surface area contributed by atoms with Gasteiger partial charge in [-0.15, -0.1) is 0 Å². The van der Waals surface area contributed by atoms with Crippen LogP contribution in [0, 0.1) is 5.41 Å². The highest BCUT2D eigenvalue weighted by atomic mass is 16.5. The lowest BCUT2D eigenvalue weighted by Gasteiger charge is -2.27. The summed E-state index contributed by atoms with van der Waals surface area (Å²) < 4.78 is 4.93. The number of nitrogens with one attached hydrogen (secondary N) is 1. The maximum atomic E-state index is 11.8. The first-order chi connectivity index (χ1) is 8.63. The van der Waals surface area contributed by atoms with Crippen LogP contribution >= 0.6 is 0 Å². The van der Waals surface area contributed by atoms with E-state index in [9.17, 15) is 9.90 Å². The summed E-state index contributed by atoms with van der Waals surface area (Å²) in [6, 6.07) is -0.475. The van der Waals surface area contributed by atoms with E-state index in [1.807, 2.05) is 0 Å². The predicted octanol–water partition coefficient (Wildman–Crippen LogP) is 0.409. The molecule has 0 aromatic carbocycles. The molecule has 1 unspecified atom stereocenters. The van der Waals surface area contributed by atoms with Gasteiger partial charge in [0.15, 0.2) is 0 Å². The summed E-state index contributed by atoms with van der Waals surface area (Å²) in [5.41, 5.74) is 5.69. The number of ether oxygens (including phenoxy) is 1. The van der Waals surface area contributed by atoms with Crippen molar-refractivity contribution in [1.82, 2.24) is 5.32 Å².